The third-order valence-electron chi connectivity index (χ3n) is 15.7. The van der Waals surface area contributed by atoms with Crippen molar-refractivity contribution in [3.63, 3.8) is 0 Å². The second kappa shape index (κ2) is 12.7. The minimum Gasteiger partial charge on any atom is -0.335 e. The predicted octanol–water partition coefficient (Wildman–Crippen LogP) is 14.3. The molecular weight excluding hydrogens is 756 g/mol. The number of rotatable bonds is 2. The summed E-state index contributed by atoms with van der Waals surface area (Å²) in [5, 5.41) is 2.75. The van der Waals surface area contributed by atoms with Crippen molar-refractivity contribution in [3.8, 4) is 11.1 Å². The van der Waals surface area contributed by atoms with Crippen molar-refractivity contribution in [2.45, 2.75) is 136 Å². The molecule has 0 spiro atoms. The van der Waals surface area contributed by atoms with Crippen molar-refractivity contribution < 1.29 is 0 Å². The van der Waals surface area contributed by atoms with E-state index in [0.29, 0.717) is 0 Å². The van der Waals surface area contributed by atoms with E-state index in [2.05, 4.69) is 196 Å². The van der Waals surface area contributed by atoms with Crippen molar-refractivity contribution in [3.05, 3.63) is 131 Å². The van der Waals surface area contributed by atoms with Crippen LogP contribution in [0.5, 0.6) is 0 Å². The first kappa shape index (κ1) is 39.1. The quantitative estimate of drug-likeness (QED) is 0.160. The van der Waals surface area contributed by atoms with Gasteiger partial charge in [0.25, 0.3) is 6.71 Å². The van der Waals surface area contributed by atoms with E-state index in [0.717, 1.165) is 0 Å². The van der Waals surface area contributed by atoms with Gasteiger partial charge in [-0.25, -0.2) is 0 Å². The zero-order valence-corrected chi connectivity index (χ0v) is 39.3. The van der Waals surface area contributed by atoms with Gasteiger partial charge in [-0.1, -0.05) is 149 Å². The summed E-state index contributed by atoms with van der Waals surface area (Å²) in [6.07, 6.45) is 4.97. The summed E-state index contributed by atoms with van der Waals surface area (Å²) in [6, 6.07) is 41.1. The topological polar surface area (TPSA) is 6.48 Å². The minimum atomic E-state index is -0.0347. The van der Waals surface area contributed by atoms with Gasteiger partial charge in [0.15, 0.2) is 0 Å². The molecule has 0 radical (unpaired) electrons. The van der Waals surface area contributed by atoms with E-state index in [1.165, 1.54) is 124 Å². The highest BCUT2D eigenvalue weighted by Crippen LogP contribution is 2.62. The molecule has 1 fully saturated rings. The van der Waals surface area contributed by atoms with Crippen molar-refractivity contribution in [1.82, 2.24) is 0 Å². The Kier molecular flexibility index (Phi) is 8.11. The molecule has 308 valence electrons. The molecule has 2 atom stereocenters. The van der Waals surface area contributed by atoms with Gasteiger partial charge in [0, 0.05) is 48.5 Å². The summed E-state index contributed by atoms with van der Waals surface area (Å²) in [5.74, 6) is 0. The molecule has 2 unspecified atom stereocenters. The first-order chi connectivity index (χ1) is 28.8. The van der Waals surface area contributed by atoms with Gasteiger partial charge in [0.1, 0.15) is 0 Å². The summed E-state index contributed by atoms with van der Waals surface area (Å²) >= 11 is 2.02. The number of hydrogen-bond donors (Lipinski definition) is 0. The van der Waals surface area contributed by atoms with Crippen LogP contribution in [0.25, 0.3) is 31.3 Å². The molecule has 0 amide bonds. The molecule has 6 aromatic carbocycles. The van der Waals surface area contributed by atoms with Crippen molar-refractivity contribution >= 4 is 83.0 Å². The number of anilines is 5. The number of aryl methyl sites for hydroxylation is 1. The maximum atomic E-state index is 2.90. The van der Waals surface area contributed by atoms with Crippen LogP contribution in [0.1, 0.15) is 130 Å². The number of benzene rings is 6. The van der Waals surface area contributed by atoms with Gasteiger partial charge >= 0.3 is 0 Å². The van der Waals surface area contributed by atoms with E-state index in [-0.39, 0.29) is 33.9 Å². The molecule has 61 heavy (non-hydrogen) atoms. The van der Waals surface area contributed by atoms with E-state index < -0.39 is 0 Å². The Hall–Kier alpha value is -4.80. The van der Waals surface area contributed by atoms with Gasteiger partial charge in [-0.2, -0.15) is 0 Å². The van der Waals surface area contributed by atoms with Gasteiger partial charge in [-0.05, 0) is 134 Å². The maximum Gasteiger partial charge on any atom is 0.254 e. The lowest BCUT2D eigenvalue weighted by Gasteiger charge is -2.53. The van der Waals surface area contributed by atoms with Crippen molar-refractivity contribution in [2.75, 3.05) is 9.80 Å². The van der Waals surface area contributed by atoms with Gasteiger partial charge in [0.2, 0.25) is 0 Å². The molecule has 4 heterocycles. The molecule has 7 aromatic rings. The highest BCUT2D eigenvalue weighted by molar-refractivity contribution is 7.28. The van der Waals surface area contributed by atoms with Crippen LogP contribution in [0.3, 0.4) is 0 Å². The Bertz CT molecular complexity index is 2990. The fraction of sp³-hybridized carbons (Fsp3) is 0.368. The first-order valence-electron chi connectivity index (χ1n) is 22.9. The molecule has 0 N–H and O–H groups in total. The number of fused-ring (bicyclic) bond motifs is 11. The van der Waals surface area contributed by atoms with Crippen molar-refractivity contribution in [1.29, 1.82) is 0 Å². The lowest BCUT2D eigenvalue weighted by Crippen LogP contribution is -2.64. The minimum absolute atomic E-state index is 0.00660. The highest BCUT2D eigenvalue weighted by Gasteiger charge is 2.61. The van der Waals surface area contributed by atoms with Crippen molar-refractivity contribution in [2.24, 2.45) is 0 Å². The SMILES string of the molecule is Cc1cc2c3c(c1)N1c4c(cc(C(C)(C)C)cc4C4(C)CCCCC14C)B3c1c(ccc3c1sc1cc(C(C)(C)C)ccc13)N2c1ccc(C(C)(C)C)cc1-c1ccccc1. The third-order valence-corrected chi connectivity index (χ3v) is 16.9. The second-order valence-electron chi connectivity index (χ2n) is 22.6. The molecule has 0 saturated heterocycles. The molecule has 3 aliphatic heterocycles. The normalized spacial score (nSPS) is 20.6. The number of hydrogen-bond acceptors (Lipinski definition) is 3. The lowest BCUT2D eigenvalue weighted by molar-refractivity contribution is 0.195. The molecular formula is C57H61BN2S. The van der Waals surface area contributed by atoms with Gasteiger partial charge in [0.05, 0.1) is 11.2 Å². The molecule has 4 aliphatic rings. The summed E-state index contributed by atoms with van der Waals surface area (Å²) in [4.78, 5) is 5.59. The van der Waals surface area contributed by atoms with Gasteiger partial charge < -0.3 is 9.80 Å². The Morgan fingerprint density at radius 3 is 1.95 bits per heavy atom. The Morgan fingerprint density at radius 2 is 1.23 bits per heavy atom. The lowest BCUT2D eigenvalue weighted by atomic mass is 9.33. The van der Waals surface area contributed by atoms with Crippen LogP contribution >= 0.6 is 11.3 Å². The third kappa shape index (κ3) is 5.39. The first-order valence-corrected chi connectivity index (χ1v) is 23.7. The standard InChI is InChI=1S/C57H61BN2S/c1-34-28-46-49-47(29-34)60-51-42(56(11)26-16-17-27-57(56,60)12)31-38(55(8,9)10)32-43(51)58(49)50-45(25-23-40-39-22-20-37(54(5,6)7)33-48(39)61-52(40)50)59(46)44-24-21-36(53(2,3)4)30-41(44)35-18-14-13-15-19-35/h13-15,18-25,28-33H,16-17,26-27H2,1-12H3. The average Bonchev–Trinajstić information content (AvgIpc) is 3.68. The van der Waals surface area contributed by atoms with E-state index >= 15 is 0 Å². The predicted molar refractivity (Wildman–Crippen MR) is 268 cm³/mol. The number of nitrogens with zero attached hydrogens (tertiary/aromatic N) is 2. The summed E-state index contributed by atoms with van der Waals surface area (Å²) in [5.41, 5.74) is 21.0. The fourth-order valence-electron chi connectivity index (χ4n) is 12.0. The van der Waals surface area contributed by atoms with E-state index in [9.17, 15) is 0 Å². The molecule has 4 heteroatoms. The van der Waals surface area contributed by atoms with Crippen LogP contribution in [-0.2, 0) is 21.7 Å². The largest absolute Gasteiger partial charge is 0.335 e. The number of thiophene rings is 1. The zero-order chi connectivity index (χ0) is 42.8. The molecule has 1 aromatic heterocycles. The zero-order valence-electron chi connectivity index (χ0n) is 38.5. The van der Waals surface area contributed by atoms with Crippen LogP contribution in [0, 0.1) is 6.92 Å². The molecule has 1 aliphatic carbocycles. The molecule has 2 nitrogen and oxygen atoms in total. The molecule has 1 saturated carbocycles. The maximum absolute atomic E-state index is 2.90. The van der Waals surface area contributed by atoms with Gasteiger partial charge in [-0.15, -0.1) is 11.3 Å². The van der Waals surface area contributed by atoms with Crippen LogP contribution in [0.2, 0.25) is 0 Å². The Morgan fingerprint density at radius 1 is 0.590 bits per heavy atom. The van der Waals surface area contributed by atoms with E-state index in [1.54, 1.807) is 5.56 Å². The average molecular weight is 817 g/mol. The van der Waals surface area contributed by atoms with E-state index in [1.807, 2.05) is 11.3 Å². The van der Waals surface area contributed by atoms with Crippen LogP contribution in [0.15, 0.2) is 103 Å². The highest BCUT2D eigenvalue weighted by atomic mass is 32.1. The second-order valence-corrected chi connectivity index (χ2v) is 23.7. The summed E-state index contributed by atoms with van der Waals surface area (Å²) in [6.45, 7) is 28.9. The summed E-state index contributed by atoms with van der Waals surface area (Å²) < 4.78 is 2.81. The van der Waals surface area contributed by atoms with Crippen LogP contribution in [-0.4, -0.2) is 12.3 Å². The molecule has 11 rings (SSSR count). The van der Waals surface area contributed by atoms with Gasteiger partial charge in [-0.3, -0.25) is 0 Å². The Balaban J connectivity index is 1.31. The van der Waals surface area contributed by atoms with Crippen LogP contribution in [0.4, 0.5) is 28.4 Å². The van der Waals surface area contributed by atoms with E-state index in [4.69, 9.17) is 0 Å². The smallest absolute Gasteiger partial charge is 0.254 e. The summed E-state index contributed by atoms with van der Waals surface area (Å²) in [7, 11) is 0. The Labute approximate surface area is 369 Å². The fourth-order valence-corrected chi connectivity index (χ4v) is 13.3. The molecule has 0 bridgehead atoms. The van der Waals surface area contributed by atoms with Crippen LogP contribution < -0.4 is 26.2 Å². The monoisotopic (exact) mass is 816 g/mol.